The van der Waals surface area contributed by atoms with E-state index in [0.29, 0.717) is 45.7 Å². The molecule has 2 aromatic heterocycles. The number of pyridine rings is 1. The molecule has 0 bridgehead atoms. The fraction of sp³-hybridized carbons (Fsp3) is 0.250. The predicted octanol–water partition coefficient (Wildman–Crippen LogP) is 6.51. The molecule has 0 aliphatic carbocycles. The molecule has 9 heteroatoms. The van der Waals surface area contributed by atoms with Gasteiger partial charge in [-0.3, -0.25) is 9.78 Å². The Morgan fingerprint density at radius 3 is 2.61 bits per heavy atom. The average molecular weight is 458 g/mol. The third-order valence-corrected chi connectivity index (χ3v) is 5.02. The summed E-state index contributed by atoms with van der Waals surface area (Å²) < 4.78 is 53.2. The van der Waals surface area contributed by atoms with Gasteiger partial charge in [0, 0.05) is 35.6 Å². The Hall–Kier alpha value is -3.75. The van der Waals surface area contributed by atoms with E-state index in [1.807, 2.05) is 6.92 Å². The van der Waals surface area contributed by atoms with Crippen molar-refractivity contribution in [2.24, 2.45) is 0 Å². The average Bonchev–Trinajstić information content (AvgIpc) is 3.07. The van der Waals surface area contributed by atoms with E-state index in [2.05, 4.69) is 15.0 Å². The van der Waals surface area contributed by atoms with Crippen molar-refractivity contribution in [3.05, 3.63) is 60.0 Å². The van der Waals surface area contributed by atoms with Crippen LogP contribution in [0.4, 0.5) is 13.2 Å². The number of hydrogen-bond donors (Lipinski definition) is 1. The summed E-state index contributed by atoms with van der Waals surface area (Å²) in [5, 5.41) is 4.08. The third-order valence-electron chi connectivity index (χ3n) is 5.02. The van der Waals surface area contributed by atoms with Crippen molar-refractivity contribution in [3.8, 4) is 17.2 Å². The number of halogens is 3. The molecule has 0 radical (unpaired) electrons. The summed E-state index contributed by atoms with van der Waals surface area (Å²) >= 11 is 0. The summed E-state index contributed by atoms with van der Waals surface area (Å²) in [6.07, 6.45) is -1.48. The van der Waals surface area contributed by atoms with Gasteiger partial charge in [0.15, 0.2) is 0 Å². The summed E-state index contributed by atoms with van der Waals surface area (Å²) in [5.74, 6) is 0.793. The number of alkyl halides is 3. The predicted molar refractivity (Wildman–Crippen MR) is 117 cm³/mol. The third kappa shape index (κ3) is 5.02. The van der Waals surface area contributed by atoms with Gasteiger partial charge in [-0.25, -0.2) is 0 Å². The molecule has 4 rings (SSSR count). The molecule has 2 heterocycles. The van der Waals surface area contributed by atoms with Crippen LogP contribution in [0.3, 0.4) is 0 Å². The Morgan fingerprint density at radius 1 is 1.09 bits per heavy atom. The van der Waals surface area contributed by atoms with Gasteiger partial charge in [-0.15, -0.1) is 13.2 Å². The molecule has 33 heavy (non-hydrogen) atoms. The van der Waals surface area contributed by atoms with Crippen LogP contribution in [0.15, 0.2) is 53.1 Å². The van der Waals surface area contributed by atoms with Gasteiger partial charge in [0.2, 0.25) is 0 Å². The Balaban J connectivity index is 1.61. The lowest BCUT2D eigenvalue weighted by Gasteiger charge is -2.11. The fourth-order valence-corrected chi connectivity index (χ4v) is 3.53. The number of aromatic nitrogens is 1. The van der Waals surface area contributed by atoms with E-state index in [0.717, 1.165) is 12.8 Å². The summed E-state index contributed by atoms with van der Waals surface area (Å²) in [7, 11) is 0. The van der Waals surface area contributed by atoms with Crippen molar-refractivity contribution in [2.75, 3.05) is 6.54 Å². The number of fused-ring (bicyclic) bond motifs is 2. The minimum absolute atomic E-state index is 0.189. The van der Waals surface area contributed by atoms with Crippen LogP contribution in [0.5, 0.6) is 17.2 Å². The molecule has 2 aromatic carbocycles. The van der Waals surface area contributed by atoms with Crippen LogP contribution >= 0.6 is 0 Å². The topological polar surface area (TPSA) is 73.6 Å². The Labute approximate surface area is 187 Å². The van der Waals surface area contributed by atoms with E-state index in [-0.39, 0.29) is 17.2 Å². The maximum Gasteiger partial charge on any atom is 0.573 e. The molecule has 0 aliphatic rings. The van der Waals surface area contributed by atoms with Gasteiger partial charge in [-0.2, -0.15) is 0 Å². The van der Waals surface area contributed by atoms with Gasteiger partial charge in [0.25, 0.3) is 5.91 Å². The number of rotatable bonds is 7. The van der Waals surface area contributed by atoms with E-state index in [1.165, 1.54) is 24.4 Å². The Kier molecular flexibility index (Phi) is 6.13. The number of carbonyl (C=O) groups excluding carboxylic acids is 1. The number of ether oxygens (including phenoxy) is 2. The zero-order chi connectivity index (χ0) is 23.6. The van der Waals surface area contributed by atoms with Gasteiger partial charge in [0.1, 0.15) is 28.6 Å². The normalized spacial score (nSPS) is 11.7. The van der Waals surface area contributed by atoms with Gasteiger partial charge in [-0.1, -0.05) is 13.3 Å². The maximum absolute atomic E-state index is 12.6. The van der Waals surface area contributed by atoms with Crippen LogP contribution in [0, 0.1) is 6.92 Å². The first-order chi connectivity index (χ1) is 15.7. The molecule has 0 saturated carbocycles. The number of furan rings is 1. The van der Waals surface area contributed by atoms with E-state index < -0.39 is 6.36 Å². The molecule has 0 unspecified atom stereocenters. The summed E-state index contributed by atoms with van der Waals surface area (Å²) in [6, 6.07) is 10.6. The number of carbonyl (C=O) groups is 1. The Morgan fingerprint density at radius 2 is 1.85 bits per heavy atom. The molecule has 4 aromatic rings. The Bertz CT molecular complexity index is 1310. The summed E-state index contributed by atoms with van der Waals surface area (Å²) in [4.78, 5) is 16.7. The highest BCUT2D eigenvalue weighted by Gasteiger charge is 2.31. The zero-order valence-corrected chi connectivity index (χ0v) is 18.0. The second kappa shape index (κ2) is 9.01. The standard InChI is InChI=1S/C24H21F3N2O4/c1-3-4-10-29-23(30)22-14(2)31-21-13-15(5-8-18(21)22)32-20-9-11-28-19-12-16(6-7-17(19)20)33-24(25,26)27/h5-9,11-13H,3-4,10H2,1-2H3,(H,29,30). The molecule has 0 saturated heterocycles. The zero-order valence-electron chi connectivity index (χ0n) is 18.0. The highest BCUT2D eigenvalue weighted by atomic mass is 19.4. The second-order valence-electron chi connectivity index (χ2n) is 7.44. The number of amides is 1. The number of benzene rings is 2. The van der Waals surface area contributed by atoms with Crippen molar-refractivity contribution in [1.29, 1.82) is 0 Å². The van der Waals surface area contributed by atoms with Crippen LogP contribution in [0.25, 0.3) is 21.9 Å². The van der Waals surface area contributed by atoms with Crippen molar-refractivity contribution >= 4 is 27.8 Å². The minimum atomic E-state index is -4.79. The lowest BCUT2D eigenvalue weighted by Crippen LogP contribution is -2.24. The lowest BCUT2D eigenvalue weighted by atomic mass is 10.1. The lowest BCUT2D eigenvalue weighted by molar-refractivity contribution is -0.274. The van der Waals surface area contributed by atoms with E-state index in [9.17, 15) is 18.0 Å². The minimum Gasteiger partial charge on any atom is -0.460 e. The molecule has 172 valence electrons. The SMILES string of the molecule is CCCCNC(=O)c1c(C)oc2cc(Oc3ccnc4cc(OC(F)(F)F)ccc34)ccc12. The molecule has 6 nitrogen and oxygen atoms in total. The van der Waals surface area contributed by atoms with E-state index in [4.69, 9.17) is 9.15 Å². The number of unbranched alkanes of at least 4 members (excludes halogenated alkanes) is 1. The molecule has 0 aliphatic heterocycles. The van der Waals surface area contributed by atoms with E-state index >= 15 is 0 Å². The van der Waals surface area contributed by atoms with E-state index in [1.54, 1.807) is 31.2 Å². The number of nitrogens with one attached hydrogen (secondary N) is 1. The van der Waals surface area contributed by atoms with Gasteiger partial charge < -0.3 is 19.2 Å². The summed E-state index contributed by atoms with van der Waals surface area (Å²) in [5.41, 5.74) is 1.26. The fourth-order valence-electron chi connectivity index (χ4n) is 3.53. The largest absolute Gasteiger partial charge is 0.573 e. The van der Waals surface area contributed by atoms with Crippen molar-refractivity contribution in [3.63, 3.8) is 0 Å². The first-order valence-electron chi connectivity index (χ1n) is 10.4. The smallest absolute Gasteiger partial charge is 0.460 e. The number of nitrogens with zero attached hydrogens (tertiary/aromatic N) is 1. The van der Waals surface area contributed by atoms with Crippen LogP contribution in [-0.4, -0.2) is 23.8 Å². The van der Waals surface area contributed by atoms with Crippen molar-refractivity contribution in [1.82, 2.24) is 10.3 Å². The van der Waals surface area contributed by atoms with Gasteiger partial charge in [-0.05, 0) is 43.7 Å². The monoisotopic (exact) mass is 458 g/mol. The maximum atomic E-state index is 12.6. The molecule has 0 spiro atoms. The van der Waals surface area contributed by atoms with Gasteiger partial charge >= 0.3 is 6.36 Å². The number of hydrogen-bond acceptors (Lipinski definition) is 5. The molecule has 1 N–H and O–H groups in total. The van der Waals surface area contributed by atoms with Gasteiger partial charge in [0.05, 0.1) is 11.1 Å². The molecule has 0 fully saturated rings. The molecular formula is C24H21F3N2O4. The number of aryl methyl sites for hydroxylation is 1. The van der Waals surface area contributed by atoms with Crippen molar-refractivity contribution < 1.29 is 31.9 Å². The molecule has 0 atom stereocenters. The first kappa shape index (κ1) is 22.4. The first-order valence-corrected chi connectivity index (χ1v) is 10.4. The molecule has 1 amide bonds. The summed E-state index contributed by atoms with van der Waals surface area (Å²) in [6.45, 7) is 4.37. The van der Waals surface area contributed by atoms with Crippen LogP contribution in [0.2, 0.25) is 0 Å². The van der Waals surface area contributed by atoms with Crippen LogP contribution < -0.4 is 14.8 Å². The second-order valence-corrected chi connectivity index (χ2v) is 7.44. The quantitative estimate of drug-likeness (QED) is 0.320. The highest BCUT2D eigenvalue weighted by Crippen LogP contribution is 2.35. The van der Waals surface area contributed by atoms with Crippen molar-refractivity contribution in [2.45, 2.75) is 33.1 Å². The van der Waals surface area contributed by atoms with Crippen LogP contribution in [0.1, 0.15) is 35.9 Å². The highest BCUT2D eigenvalue weighted by molar-refractivity contribution is 6.07. The molecular weight excluding hydrogens is 437 g/mol. The van der Waals surface area contributed by atoms with Crippen LogP contribution in [-0.2, 0) is 0 Å².